The van der Waals surface area contributed by atoms with Crippen molar-refractivity contribution in [3.8, 4) is 0 Å². The maximum atomic E-state index is 12.8. The molecule has 0 aliphatic carbocycles. The lowest BCUT2D eigenvalue weighted by atomic mass is 9.99. The maximum Gasteiger partial charge on any atom is 0.435 e. The van der Waals surface area contributed by atoms with Crippen molar-refractivity contribution < 1.29 is 22.7 Å². The number of hydrogen-bond acceptors (Lipinski definition) is 6. The Bertz CT molecular complexity index is 845. The van der Waals surface area contributed by atoms with Gasteiger partial charge < -0.3 is 10.1 Å². The van der Waals surface area contributed by atoms with Gasteiger partial charge >= 0.3 is 12.1 Å². The Labute approximate surface area is 146 Å². The van der Waals surface area contributed by atoms with Crippen LogP contribution in [0.5, 0.6) is 0 Å². The Morgan fingerprint density at radius 3 is 2.62 bits per heavy atom. The second-order valence-corrected chi connectivity index (χ2v) is 5.34. The number of aromatic nitrogens is 3. The summed E-state index contributed by atoms with van der Waals surface area (Å²) in [6.07, 6.45) is -1.16. The van der Waals surface area contributed by atoms with Gasteiger partial charge in [-0.1, -0.05) is 0 Å². The van der Waals surface area contributed by atoms with Crippen molar-refractivity contribution >= 4 is 18.0 Å². The van der Waals surface area contributed by atoms with Crippen LogP contribution in [0.3, 0.4) is 0 Å². The summed E-state index contributed by atoms with van der Waals surface area (Å²) in [6, 6.07) is 2.21. The second kappa shape index (κ2) is 7.46. The van der Waals surface area contributed by atoms with Gasteiger partial charge in [0.25, 0.3) is 0 Å². The van der Waals surface area contributed by atoms with Crippen LogP contribution in [0.15, 0.2) is 24.5 Å². The Balaban J connectivity index is 2.39. The molecule has 2 rings (SSSR count). The third kappa shape index (κ3) is 3.95. The zero-order chi connectivity index (χ0) is 19.5. The third-order valence-corrected chi connectivity index (χ3v) is 3.50. The highest BCUT2D eigenvalue weighted by Gasteiger charge is 2.35. The number of halogens is 3. The normalized spacial score (nSPS) is 12.5. The van der Waals surface area contributed by atoms with E-state index in [-0.39, 0.29) is 23.7 Å². The van der Waals surface area contributed by atoms with Crippen molar-refractivity contribution in [1.82, 2.24) is 14.8 Å². The minimum absolute atomic E-state index is 0.101. The van der Waals surface area contributed by atoms with E-state index in [1.54, 1.807) is 6.92 Å². The topological polar surface area (TPSA) is 105 Å². The summed E-state index contributed by atoms with van der Waals surface area (Å²) in [5.74, 6) is -2.01. The highest BCUT2D eigenvalue weighted by atomic mass is 19.4. The van der Waals surface area contributed by atoms with Crippen LogP contribution in [0.2, 0.25) is 0 Å². The molecule has 1 unspecified atom stereocenters. The van der Waals surface area contributed by atoms with Crippen molar-refractivity contribution in [2.24, 2.45) is 0 Å². The highest BCUT2D eigenvalue weighted by Crippen LogP contribution is 2.29. The molecule has 138 valence electrons. The molecule has 2 aromatic rings. The van der Waals surface area contributed by atoms with Crippen LogP contribution >= 0.6 is 0 Å². The zero-order valence-corrected chi connectivity index (χ0v) is 14.0. The molecule has 7 nitrogen and oxygen atoms in total. The molecule has 1 atom stereocenters. The van der Waals surface area contributed by atoms with E-state index in [0.717, 1.165) is 17.0 Å². The molecule has 0 radical (unpaired) electrons. The standard InChI is InChI=1S/C16H16F3N5O2/c1-3-26-15(25)11-5-10(7-22-8-11)12(6-20)14(21)24-9(2)4-13(23-24)16(17,18)19/h4-8,12,20-21H,3H2,1-2H3. The number of nitrogens with one attached hydrogen (secondary N) is 2. The van der Waals surface area contributed by atoms with E-state index in [1.807, 2.05) is 0 Å². The number of ether oxygens (including phenoxy) is 1. The van der Waals surface area contributed by atoms with Gasteiger partial charge in [0.1, 0.15) is 5.84 Å². The van der Waals surface area contributed by atoms with Crippen LogP contribution in [0.25, 0.3) is 0 Å². The van der Waals surface area contributed by atoms with Gasteiger partial charge in [-0.05, 0) is 31.5 Å². The summed E-state index contributed by atoms with van der Waals surface area (Å²) >= 11 is 0. The van der Waals surface area contributed by atoms with Crippen LogP contribution in [0.1, 0.15) is 40.2 Å². The monoisotopic (exact) mass is 367 g/mol. The summed E-state index contributed by atoms with van der Waals surface area (Å²) < 4.78 is 44.1. The molecular weight excluding hydrogens is 351 g/mol. The summed E-state index contributed by atoms with van der Waals surface area (Å²) in [7, 11) is 0. The number of pyridine rings is 1. The Hall–Kier alpha value is -3.04. The van der Waals surface area contributed by atoms with Gasteiger partial charge in [-0.2, -0.15) is 18.3 Å². The molecule has 0 aliphatic heterocycles. The Kier molecular flexibility index (Phi) is 5.53. The first kappa shape index (κ1) is 19.3. The molecule has 0 saturated heterocycles. The number of carbonyl (C=O) groups excluding carboxylic acids is 1. The summed E-state index contributed by atoms with van der Waals surface area (Å²) in [4.78, 5) is 15.7. The SMILES string of the molecule is CCOC(=O)c1cncc(C(C=N)C(=N)n2nc(C(F)(F)F)cc2C)c1. The summed E-state index contributed by atoms with van der Waals surface area (Å²) in [5.41, 5.74) is -0.609. The fourth-order valence-electron chi connectivity index (χ4n) is 2.28. The minimum Gasteiger partial charge on any atom is -0.462 e. The molecule has 0 saturated carbocycles. The lowest BCUT2D eigenvalue weighted by Crippen LogP contribution is -2.24. The molecule has 0 bridgehead atoms. The molecule has 0 fully saturated rings. The quantitative estimate of drug-likeness (QED) is 0.481. The Morgan fingerprint density at radius 1 is 1.38 bits per heavy atom. The van der Waals surface area contributed by atoms with Gasteiger partial charge in [0.15, 0.2) is 5.69 Å². The van der Waals surface area contributed by atoms with Crippen LogP contribution < -0.4 is 0 Å². The predicted molar refractivity (Wildman–Crippen MR) is 86.8 cm³/mol. The summed E-state index contributed by atoms with van der Waals surface area (Å²) in [6.45, 7) is 3.19. The van der Waals surface area contributed by atoms with Crippen LogP contribution in [0.4, 0.5) is 13.2 Å². The number of carbonyl (C=O) groups is 1. The van der Waals surface area contributed by atoms with E-state index in [1.165, 1.54) is 25.4 Å². The van der Waals surface area contributed by atoms with Crippen molar-refractivity contribution in [1.29, 1.82) is 10.8 Å². The molecule has 0 amide bonds. The van der Waals surface area contributed by atoms with Gasteiger partial charge in [-0.25, -0.2) is 9.48 Å². The largest absolute Gasteiger partial charge is 0.462 e. The highest BCUT2D eigenvalue weighted by molar-refractivity contribution is 6.01. The number of nitrogens with zero attached hydrogens (tertiary/aromatic N) is 3. The molecule has 2 N–H and O–H groups in total. The molecule has 10 heteroatoms. The molecule has 0 aliphatic rings. The van der Waals surface area contributed by atoms with Crippen LogP contribution in [-0.4, -0.2) is 39.4 Å². The molecule has 26 heavy (non-hydrogen) atoms. The van der Waals surface area contributed by atoms with E-state index in [4.69, 9.17) is 15.6 Å². The molecule has 0 aromatic carbocycles. The van der Waals surface area contributed by atoms with Gasteiger partial charge in [0.2, 0.25) is 0 Å². The van der Waals surface area contributed by atoms with E-state index in [2.05, 4.69) is 10.1 Å². The first-order chi connectivity index (χ1) is 12.2. The fourth-order valence-corrected chi connectivity index (χ4v) is 2.28. The number of hydrogen-bond donors (Lipinski definition) is 2. The van der Waals surface area contributed by atoms with Crippen molar-refractivity contribution in [2.75, 3.05) is 6.61 Å². The van der Waals surface area contributed by atoms with Crippen LogP contribution in [-0.2, 0) is 10.9 Å². The average molecular weight is 367 g/mol. The number of alkyl halides is 3. The maximum absolute atomic E-state index is 12.8. The minimum atomic E-state index is -4.64. The molecule has 2 aromatic heterocycles. The van der Waals surface area contributed by atoms with Gasteiger partial charge in [0.05, 0.1) is 18.1 Å². The van der Waals surface area contributed by atoms with Crippen molar-refractivity contribution in [2.45, 2.75) is 25.9 Å². The number of rotatable bonds is 5. The number of aryl methyl sites for hydroxylation is 1. The molecular formula is C16H16F3N5O2. The zero-order valence-electron chi connectivity index (χ0n) is 14.0. The Morgan fingerprint density at radius 2 is 2.08 bits per heavy atom. The fraction of sp³-hybridized carbons (Fsp3) is 0.312. The van der Waals surface area contributed by atoms with Gasteiger partial charge in [-0.15, -0.1) is 0 Å². The van der Waals surface area contributed by atoms with E-state index < -0.39 is 23.8 Å². The third-order valence-electron chi connectivity index (χ3n) is 3.50. The van der Waals surface area contributed by atoms with Gasteiger partial charge in [-0.3, -0.25) is 10.4 Å². The van der Waals surface area contributed by atoms with Crippen LogP contribution in [0, 0.1) is 17.7 Å². The number of esters is 1. The predicted octanol–water partition coefficient (Wildman–Crippen LogP) is 3.04. The van der Waals surface area contributed by atoms with E-state index in [9.17, 15) is 18.0 Å². The second-order valence-electron chi connectivity index (χ2n) is 5.34. The van der Waals surface area contributed by atoms with Crippen molar-refractivity contribution in [3.05, 3.63) is 47.0 Å². The molecule has 0 spiro atoms. The van der Waals surface area contributed by atoms with E-state index in [0.29, 0.717) is 5.56 Å². The molecule has 2 heterocycles. The first-order valence-electron chi connectivity index (χ1n) is 7.54. The average Bonchev–Trinajstić information content (AvgIpc) is 2.98. The lowest BCUT2D eigenvalue weighted by molar-refractivity contribution is -0.141. The first-order valence-corrected chi connectivity index (χ1v) is 7.54. The van der Waals surface area contributed by atoms with Crippen molar-refractivity contribution in [3.63, 3.8) is 0 Å². The smallest absolute Gasteiger partial charge is 0.435 e. The van der Waals surface area contributed by atoms with E-state index >= 15 is 0 Å². The van der Waals surface area contributed by atoms with Gasteiger partial charge in [0, 0.05) is 24.3 Å². The summed E-state index contributed by atoms with van der Waals surface area (Å²) in [5, 5.41) is 19.2. The lowest BCUT2D eigenvalue weighted by Gasteiger charge is -2.15.